The summed E-state index contributed by atoms with van der Waals surface area (Å²) in [5.41, 5.74) is 0. The Kier molecular flexibility index (Phi) is 3.35. The molecule has 21 heavy (non-hydrogen) atoms. The van der Waals surface area contributed by atoms with Crippen LogP contribution in [0.1, 0.15) is 77.0 Å². The number of rotatable bonds is 2. The van der Waals surface area contributed by atoms with E-state index in [0.717, 1.165) is 47.6 Å². The zero-order valence-corrected chi connectivity index (χ0v) is 13.6. The van der Waals surface area contributed by atoms with Crippen molar-refractivity contribution in [3.8, 4) is 0 Å². The molecule has 0 aromatic carbocycles. The normalized spacial score (nSPS) is 55.4. The topological polar surface area (TPSA) is 12.0 Å². The quantitative estimate of drug-likeness (QED) is 0.772. The molecule has 1 heteroatoms. The summed E-state index contributed by atoms with van der Waals surface area (Å²) < 4.78 is 0. The summed E-state index contributed by atoms with van der Waals surface area (Å²) in [6.45, 7) is 0. The maximum atomic E-state index is 4.19. The van der Waals surface area contributed by atoms with E-state index in [1.54, 1.807) is 38.5 Å². The van der Waals surface area contributed by atoms with Gasteiger partial charge in [-0.15, -0.1) is 0 Å². The third kappa shape index (κ3) is 2.21. The molecule has 0 amide bonds. The third-order valence-electron chi connectivity index (χ3n) is 8.42. The molecule has 0 heterocycles. The molecule has 0 spiro atoms. The average molecular weight is 287 g/mol. The van der Waals surface area contributed by atoms with Gasteiger partial charge >= 0.3 is 0 Å². The van der Waals surface area contributed by atoms with E-state index in [0.29, 0.717) is 0 Å². The minimum Gasteiger partial charge on any atom is -0.311 e. The van der Waals surface area contributed by atoms with Gasteiger partial charge in [0.15, 0.2) is 0 Å². The highest BCUT2D eigenvalue weighted by molar-refractivity contribution is 5.06. The summed E-state index contributed by atoms with van der Waals surface area (Å²) in [6, 6.07) is 1.80. The lowest BCUT2D eigenvalue weighted by Crippen LogP contribution is -2.47. The molecule has 5 aliphatic rings. The van der Waals surface area contributed by atoms with Crippen molar-refractivity contribution in [2.75, 3.05) is 0 Å². The zero-order valence-electron chi connectivity index (χ0n) is 13.6. The van der Waals surface area contributed by atoms with Gasteiger partial charge in [-0.2, -0.15) is 0 Å². The zero-order chi connectivity index (χ0) is 13.8. The number of hydrogen-bond acceptors (Lipinski definition) is 1. The molecule has 0 aromatic rings. The van der Waals surface area contributed by atoms with Crippen LogP contribution in [-0.2, 0) is 0 Å². The van der Waals surface area contributed by atoms with E-state index in [2.05, 4.69) is 5.32 Å². The molecule has 5 fully saturated rings. The highest BCUT2D eigenvalue weighted by Crippen LogP contribution is 2.59. The molecule has 8 atom stereocenters. The van der Waals surface area contributed by atoms with Gasteiger partial charge in [-0.25, -0.2) is 0 Å². The standard InChI is InChI=1S/C20H33N/c1-2-5-14-10-16(9-8-13(14)4-1)21-20-12-15-11-19(20)18-7-3-6-17(15)18/h13-21H,1-12H2. The van der Waals surface area contributed by atoms with E-state index in [-0.39, 0.29) is 0 Å². The number of hydrogen-bond donors (Lipinski definition) is 1. The van der Waals surface area contributed by atoms with Gasteiger partial charge in [0.1, 0.15) is 0 Å². The van der Waals surface area contributed by atoms with Crippen LogP contribution in [0.5, 0.6) is 0 Å². The Bertz CT molecular complexity index is 391. The van der Waals surface area contributed by atoms with Gasteiger partial charge < -0.3 is 5.32 Å². The Hall–Kier alpha value is -0.0400. The van der Waals surface area contributed by atoms with Gasteiger partial charge in [0.2, 0.25) is 0 Å². The second kappa shape index (κ2) is 5.25. The van der Waals surface area contributed by atoms with E-state index in [1.807, 2.05) is 0 Å². The van der Waals surface area contributed by atoms with Gasteiger partial charge in [0.25, 0.3) is 0 Å². The highest BCUT2D eigenvalue weighted by atomic mass is 15.0. The smallest absolute Gasteiger partial charge is 0.0103 e. The molecule has 0 radical (unpaired) electrons. The van der Waals surface area contributed by atoms with Crippen LogP contribution in [0.4, 0.5) is 0 Å². The van der Waals surface area contributed by atoms with Crippen LogP contribution in [0.2, 0.25) is 0 Å². The summed E-state index contributed by atoms with van der Waals surface area (Å²) in [5.74, 6) is 6.67. The van der Waals surface area contributed by atoms with Crippen molar-refractivity contribution in [1.29, 1.82) is 0 Å². The van der Waals surface area contributed by atoms with Crippen molar-refractivity contribution in [2.45, 2.75) is 89.1 Å². The van der Waals surface area contributed by atoms with Crippen LogP contribution in [-0.4, -0.2) is 12.1 Å². The summed E-state index contributed by atoms with van der Waals surface area (Å²) in [5, 5.41) is 4.19. The molecule has 0 aliphatic heterocycles. The second-order valence-electron chi connectivity index (χ2n) is 9.24. The molecule has 0 saturated heterocycles. The van der Waals surface area contributed by atoms with Crippen molar-refractivity contribution in [3.63, 3.8) is 0 Å². The van der Waals surface area contributed by atoms with Gasteiger partial charge in [0, 0.05) is 12.1 Å². The molecule has 1 N–H and O–H groups in total. The van der Waals surface area contributed by atoms with E-state index in [9.17, 15) is 0 Å². The van der Waals surface area contributed by atoms with Crippen molar-refractivity contribution in [2.24, 2.45) is 35.5 Å². The van der Waals surface area contributed by atoms with Crippen LogP contribution >= 0.6 is 0 Å². The summed E-state index contributed by atoms with van der Waals surface area (Å²) >= 11 is 0. The predicted molar refractivity (Wildman–Crippen MR) is 87.1 cm³/mol. The van der Waals surface area contributed by atoms with Crippen molar-refractivity contribution in [3.05, 3.63) is 0 Å². The van der Waals surface area contributed by atoms with E-state index >= 15 is 0 Å². The third-order valence-corrected chi connectivity index (χ3v) is 8.42. The minimum atomic E-state index is 0.883. The molecule has 5 rings (SSSR count). The lowest BCUT2D eigenvalue weighted by atomic mass is 9.69. The maximum Gasteiger partial charge on any atom is 0.0103 e. The summed E-state index contributed by atoms with van der Waals surface area (Å²) in [4.78, 5) is 0. The molecule has 1 nitrogen and oxygen atoms in total. The lowest BCUT2D eigenvalue weighted by molar-refractivity contribution is 0.122. The average Bonchev–Trinajstić information content (AvgIpc) is 3.19. The van der Waals surface area contributed by atoms with Crippen molar-refractivity contribution in [1.82, 2.24) is 5.32 Å². The Morgan fingerprint density at radius 1 is 0.524 bits per heavy atom. The first-order valence-electron chi connectivity index (χ1n) is 10.1. The summed E-state index contributed by atoms with van der Waals surface area (Å²) in [7, 11) is 0. The van der Waals surface area contributed by atoms with E-state index < -0.39 is 0 Å². The molecule has 118 valence electrons. The fraction of sp³-hybridized carbons (Fsp3) is 1.00. The first-order valence-corrected chi connectivity index (χ1v) is 10.1. The molecule has 8 unspecified atom stereocenters. The molecular formula is C20H33N. The Morgan fingerprint density at radius 3 is 2.33 bits per heavy atom. The first-order chi connectivity index (χ1) is 10.4. The molecule has 0 aromatic heterocycles. The SMILES string of the molecule is C1CCC2CC(NC3CC4CC3C3CCCC43)CCC2C1. The van der Waals surface area contributed by atoms with Crippen LogP contribution in [0.15, 0.2) is 0 Å². The highest BCUT2D eigenvalue weighted by Gasteiger charge is 2.54. The van der Waals surface area contributed by atoms with Crippen molar-refractivity contribution >= 4 is 0 Å². The molecule has 5 aliphatic carbocycles. The van der Waals surface area contributed by atoms with Gasteiger partial charge in [0.05, 0.1) is 0 Å². The Balaban J connectivity index is 1.21. The maximum absolute atomic E-state index is 4.19. The number of fused-ring (bicyclic) bond motifs is 6. The Morgan fingerprint density at radius 2 is 1.38 bits per heavy atom. The summed E-state index contributed by atoms with van der Waals surface area (Å²) in [6.07, 6.45) is 18.5. The van der Waals surface area contributed by atoms with E-state index in [1.165, 1.54) is 38.5 Å². The second-order valence-corrected chi connectivity index (χ2v) is 9.24. The lowest BCUT2D eigenvalue weighted by Gasteiger charge is -2.42. The molecule has 2 bridgehead atoms. The van der Waals surface area contributed by atoms with Gasteiger partial charge in [-0.1, -0.05) is 32.1 Å². The minimum absolute atomic E-state index is 0.883. The van der Waals surface area contributed by atoms with Crippen LogP contribution in [0.25, 0.3) is 0 Å². The Labute approximate surface area is 130 Å². The molecular weight excluding hydrogens is 254 g/mol. The fourth-order valence-corrected chi connectivity index (χ4v) is 7.59. The predicted octanol–water partition coefficient (Wildman–Crippen LogP) is 4.76. The van der Waals surface area contributed by atoms with Gasteiger partial charge in [-0.3, -0.25) is 0 Å². The largest absolute Gasteiger partial charge is 0.311 e. The number of nitrogens with one attached hydrogen (secondary N) is 1. The van der Waals surface area contributed by atoms with Gasteiger partial charge in [-0.05, 0) is 80.5 Å². The van der Waals surface area contributed by atoms with Crippen LogP contribution in [0, 0.1) is 35.5 Å². The van der Waals surface area contributed by atoms with Crippen LogP contribution < -0.4 is 5.32 Å². The monoisotopic (exact) mass is 287 g/mol. The fourth-order valence-electron chi connectivity index (χ4n) is 7.59. The first kappa shape index (κ1) is 13.4. The van der Waals surface area contributed by atoms with Crippen molar-refractivity contribution < 1.29 is 0 Å². The van der Waals surface area contributed by atoms with E-state index in [4.69, 9.17) is 0 Å². The molecule has 5 saturated carbocycles. The van der Waals surface area contributed by atoms with Crippen LogP contribution in [0.3, 0.4) is 0 Å².